The lowest BCUT2D eigenvalue weighted by molar-refractivity contribution is 0.320. The highest BCUT2D eigenvalue weighted by Crippen LogP contribution is 2.78. The van der Waals surface area contributed by atoms with Crippen molar-refractivity contribution in [3.63, 3.8) is 0 Å². The second-order valence-corrected chi connectivity index (χ2v) is 16.4. The van der Waals surface area contributed by atoms with E-state index < -0.39 is 6.49 Å². The molecule has 0 N–H and O–H groups in total. The van der Waals surface area contributed by atoms with Gasteiger partial charge in [-0.1, -0.05) is 57.8 Å². The summed E-state index contributed by atoms with van der Waals surface area (Å²) in [7, 11) is 0. The van der Waals surface area contributed by atoms with Gasteiger partial charge in [0.25, 0.3) is 0 Å². The standard InChI is InChI=1S/C27H48N3PS/c1-19-25(22-13-7-4-8-14-22)28(19)31(32,29-20(2)26(29)23-15-9-5-10-16-23)30-21(3)27(30)24-17-11-6-12-18-24/h19-27H,4-18H2,1-3H3. The fourth-order valence-electron chi connectivity index (χ4n) is 8.92. The van der Waals surface area contributed by atoms with Crippen LogP contribution in [0.1, 0.15) is 117 Å². The molecule has 3 saturated heterocycles. The summed E-state index contributed by atoms with van der Waals surface area (Å²) in [5.41, 5.74) is 0. The first kappa shape index (κ1) is 23.0. The third-order valence-corrected chi connectivity index (χ3v) is 16.1. The Hall–Kier alpha value is 0.530. The average molecular weight is 478 g/mol. The van der Waals surface area contributed by atoms with Crippen molar-refractivity contribution in [2.45, 2.75) is 153 Å². The molecule has 0 bridgehead atoms. The molecule has 0 amide bonds. The third-order valence-electron chi connectivity index (χ3n) is 10.7. The Bertz CT molecular complexity index is 631. The molecule has 0 aromatic rings. The van der Waals surface area contributed by atoms with Gasteiger partial charge < -0.3 is 0 Å². The summed E-state index contributed by atoms with van der Waals surface area (Å²) >= 11 is 7.02. The first-order chi connectivity index (χ1) is 15.5. The summed E-state index contributed by atoms with van der Waals surface area (Å²) in [5, 5.41) is 0. The Morgan fingerprint density at radius 3 is 0.969 bits per heavy atom. The van der Waals surface area contributed by atoms with E-state index in [9.17, 15) is 0 Å². The van der Waals surface area contributed by atoms with Crippen LogP contribution < -0.4 is 0 Å². The van der Waals surface area contributed by atoms with Gasteiger partial charge in [-0.2, -0.15) is 0 Å². The molecule has 9 atom stereocenters. The minimum atomic E-state index is -1.81. The minimum absolute atomic E-state index is 0.726. The summed E-state index contributed by atoms with van der Waals surface area (Å²) in [4.78, 5) is 0. The molecule has 182 valence electrons. The highest BCUT2D eigenvalue weighted by molar-refractivity contribution is 8.11. The summed E-state index contributed by atoms with van der Waals surface area (Å²) < 4.78 is 8.91. The van der Waals surface area contributed by atoms with Crippen molar-refractivity contribution in [3.05, 3.63) is 0 Å². The first-order valence-electron chi connectivity index (χ1n) is 14.5. The van der Waals surface area contributed by atoms with Crippen molar-refractivity contribution in [2.75, 3.05) is 0 Å². The van der Waals surface area contributed by atoms with Crippen LogP contribution in [0.5, 0.6) is 0 Å². The van der Waals surface area contributed by atoms with Gasteiger partial charge in [-0.05, 0) is 88.9 Å². The predicted octanol–water partition coefficient (Wildman–Crippen LogP) is 7.17. The van der Waals surface area contributed by atoms with E-state index in [4.69, 9.17) is 11.8 Å². The molecule has 3 heterocycles. The third kappa shape index (κ3) is 3.73. The maximum absolute atomic E-state index is 7.02. The van der Waals surface area contributed by atoms with E-state index in [2.05, 4.69) is 34.8 Å². The van der Waals surface area contributed by atoms with E-state index in [1.807, 2.05) is 0 Å². The quantitative estimate of drug-likeness (QED) is 0.296. The Morgan fingerprint density at radius 2 is 0.719 bits per heavy atom. The van der Waals surface area contributed by atoms with E-state index >= 15 is 0 Å². The molecule has 0 aromatic heterocycles. The van der Waals surface area contributed by atoms with Gasteiger partial charge in [-0.3, -0.25) is 0 Å². The van der Waals surface area contributed by atoms with Crippen LogP contribution in [-0.2, 0) is 11.8 Å². The fraction of sp³-hybridized carbons (Fsp3) is 1.00. The Labute approximate surface area is 203 Å². The number of hydrogen-bond acceptors (Lipinski definition) is 1. The lowest BCUT2D eigenvalue weighted by Gasteiger charge is -2.34. The molecule has 6 rings (SSSR count). The molecule has 0 radical (unpaired) electrons. The molecule has 3 aliphatic heterocycles. The van der Waals surface area contributed by atoms with Gasteiger partial charge in [0.2, 0.25) is 0 Å². The molecule has 32 heavy (non-hydrogen) atoms. The van der Waals surface area contributed by atoms with Gasteiger partial charge in [0, 0.05) is 36.3 Å². The second kappa shape index (κ2) is 8.88. The SMILES string of the molecule is CC1C(C2CCCCC2)N1P(=S)(N1C(C)C1C1CCCCC1)N1C(C)C1C1CCCCC1. The van der Waals surface area contributed by atoms with Crippen LogP contribution in [0.3, 0.4) is 0 Å². The lowest BCUT2D eigenvalue weighted by Crippen LogP contribution is -2.25. The van der Waals surface area contributed by atoms with Gasteiger partial charge in [-0.15, -0.1) is 0 Å². The molecule has 5 heteroatoms. The molecule has 6 fully saturated rings. The Balaban J connectivity index is 1.27. The van der Waals surface area contributed by atoms with E-state index in [1.165, 1.54) is 96.3 Å². The summed E-state index contributed by atoms with van der Waals surface area (Å²) in [6.45, 7) is 5.80. The molecule has 3 nitrogen and oxygen atoms in total. The lowest BCUT2D eigenvalue weighted by atomic mass is 9.86. The fourth-order valence-corrected chi connectivity index (χ4v) is 15.8. The van der Waals surface area contributed by atoms with E-state index in [0.29, 0.717) is 0 Å². The zero-order valence-electron chi connectivity index (χ0n) is 21.0. The van der Waals surface area contributed by atoms with Gasteiger partial charge in [0.15, 0.2) is 0 Å². The van der Waals surface area contributed by atoms with Gasteiger partial charge in [0.05, 0.1) is 0 Å². The maximum atomic E-state index is 7.02. The summed E-state index contributed by atoms with van der Waals surface area (Å²) in [5.74, 6) is 2.77. The van der Waals surface area contributed by atoms with Crippen molar-refractivity contribution in [2.24, 2.45) is 17.8 Å². The minimum Gasteiger partial charge on any atom is -0.242 e. The highest BCUT2D eigenvalue weighted by atomic mass is 32.4. The Morgan fingerprint density at radius 1 is 0.469 bits per heavy atom. The van der Waals surface area contributed by atoms with Crippen molar-refractivity contribution < 1.29 is 0 Å². The number of rotatable bonds is 6. The van der Waals surface area contributed by atoms with Crippen molar-refractivity contribution in [1.82, 2.24) is 14.0 Å². The molecular weight excluding hydrogens is 429 g/mol. The zero-order chi connectivity index (χ0) is 22.0. The van der Waals surface area contributed by atoms with E-state index in [1.54, 1.807) is 0 Å². The monoisotopic (exact) mass is 477 g/mol. The van der Waals surface area contributed by atoms with E-state index in [-0.39, 0.29) is 0 Å². The Kier molecular flexibility index (Phi) is 6.37. The molecule has 6 aliphatic rings. The normalized spacial score (nSPS) is 50.0. The average Bonchev–Trinajstić information content (AvgIpc) is 3.77. The molecule has 9 unspecified atom stereocenters. The highest BCUT2D eigenvalue weighted by Gasteiger charge is 2.71. The van der Waals surface area contributed by atoms with Crippen LogP contribution in [0.2, 0.25) is 0 Å². The van der Waals surface area contributed by atoms with Crippen molar-refractivity contribution >= 4 is 18.3 Å². The maximum Gasteiger partial charge on any atom is 0.147 e. The largest absolute Gasteiger partial charge is 0.242 e. The molecule has 3 saturated carbocycles. The van der Waals surface area contributed by atoms with Crippen molar-refractivity contribution in [1.29, 1.82) is 0 Å². The molecule has 0 aromatic carbocycles. The first-order valence-corrected chi connectivity index (χ1v) is 17.2. The van der Waals surface area contributed by atoms with Crippen LogP contribution in [0.25, 0.3) is 0 Å². The predicted molar refractivity (Wildman–Crippen MR) is 139 cm³/mol. The molecule has 0 spiro atoms. The number of hydrogen-bond donors (Lipinski definition) is 0. The zero-order valence-corrected chi connectivity index (χ0v) is 22.7. The molecule has 3 aliphatic carbocycles. The van der Waals surface area contributed by atoms with E-state index in [0.717, 1.165) is 54.0 Å². The topological polar surface area (TPSA) is 9.03 Å². The van der Waals surface area contributed by atoms with Crippen LogP contribution in [0.15, 0.2) is 0 Å². The smallest absolute Gasteiger partial charge is 0.147 e. The van der Waals surface area contributed by atoms with Gasteiger partial charge in [-0.25, -0.2) is 14.0 Å². The molecular formula is C27H48N3PS. The number of nitrogens with zero attached hydrogens (tertiary/aromatic N) is 3. The van der Waals surface area contributed by atoms with Crippen molar-refractivity contribution in [3.8, 4) is 0 Å². The summed E-state index contributed by atoms with van der Waals surface area (Å²) in [6, 6.07) is 4.55. The van der Waals surface area contributed by atoms with Crippen LogP contribution in [-0.4, -0.2) is 50.3 Å². The van der Waals surface area contributed by atoms with Gasteiger partial charge in [0.1, 0.15) is 6.49 Å². The second-order valence-electron chi connectivity index (χ2n) is 12.5. The van der Waals surface area contributed by atoms with Crippen LogP contribution >= 0.6 is 6.49 Å². The van der Waals surface area contributed by atoms with Gasteiger partial charge >= 0.3 is 0 Å². The van der Waals surface area contributed by atoms with Crippen LogP contribution in [0.4, 0.5) is 0 Å². The van der Waals surface area contributed by atoms with Crippen LogP contribution in [0, 0.1) is 17.8 Å². The summed E-state index contributed by atoms with van der Waals surface area (Å²) in [6.07, 6.45) is 21.9.